The first-order chi connectivity index (χ1) is 14.7. The average molecular weight is 436 g/mol. The molecule has 0 saturated carbocycles. The summed E-state index contributed by atoms with van der Waals surface area (Å²) in [5, 5.41) is 7.73. The van der Waals surface area contributed by atoms with E-state index in [0.717, 1.165) is 47.9 Å². The topological polar surface area (TPSA) is 42.2 Å². The maximum atomic E-state index is 5.54. The van der Waals surface area contributed by atoms with Crippen LogP contribution >= 0.6 is 22.7 Å². The van der Waals surface area contributed by atoms with Gasteiger partial charge in [-0.2, -0.15) is 0 Å². The van der Waals surface area contributed by atoms with Crippen molar-refractivity contribution in [3.63, 3.8) is 0 Å². The second-order valence-corrected chi connectivity index (χ2v) is 10.2. The van der Waals surface area contributed by atoms with Crippen LogP contribution in [0.3, 0.4) is 0 Å². The Balaban J connectivity index is 1.30. The Morgan fingerprint density at radius 2 is 1.87 bits per heavy atom. The molecule has 6 heteroatoms. The van der Waals surface area contributed by atoms with E-state index in [4.69, 9.17) is 9.51 Å². The second-order valence-electron chi connectivity index (χ2n) is 7.96. The lowest BCUT2D eigenvalue weighted by Crippen LogP contribution is -2.32. The van der Waals surface area contributed by atoms with E-state index in [0.29, 0.717) is 5.92 Å². The number of nitrogens with zero attached hydrogens (tertiary/aromatic N) is 3. The molecule has 5 rings (SSSR count). The van der Waals surface area contributed by atoms with Gasteiger partial charge in [0.2, 0.25) is 0 Å². The summed E-state index contributed by atoms with van der Waals surface area (Å²) < 4.78 is 5.54. The summed E-state index contributed by atoms with van der Waals surface area (Å²) in [7, 11) is 0. The molecule has 3 aromatic heterocycles. The van der Waals surface area contributed by atoms with E-state index in [9.17, 15) is 0 Å². The molecule has 0 aliphatic carbocycles. The summed E-state index contributed by atoms with van der Waals surface area (Å²) in [6.07, 6.45) is 2.34. The van der Waals surface area contributed by atoms with Crippen LogP contribution in [-0.2, 0) is 6.54 Å². The maximum Gasteiger partial charge on any atom is 0.143 e. The quantitative estimate of drug-likeness (QED) is 0.358. The molecule has 0 bridgehead atoms. The highest BCUT2D eigenvalue weighted by Crippen LogP contribution is 2.38. The summed E-state index contributed by atoms with van der Waals surface area (Å²) >= 11 is 3.69. The number of rotatable bonds is 5. The number of benzene rings is 1. The number of hydrogen-bond acceptors (Lipinski definition) is 6. The highest BCUT2D eigenvalue weighted by Gasteiger charge is 2.25. The van der Waals surface area contributed by atoms with Gasteiger partial charge >= 0.3 is 0 Å². The van der Waals surface area contributed by atoms with Gasteiger partial charge in [0.25, 0.3) is 0 Å². The van der Waals surface area contributed by atoms with E-state index in [1.807, 2.05) is 36.5 Å². The fourth-order valence-corrected chi connectivity index (χ4v) is 6.10. The number of thiazole rings is 1. The lowest BCUT2D eigenvalue weighted by molar-refractivity contribution is 0.206. The predicted molar refractivity (Wildman–Crippen MR) is 124 cm³/mol. The van der Waals surface area contributed by atoms with Gasteiger partial charge in [0.15, 0.2) is 0 Å². The van der Waals surface area contributed by atoms with Gasteiger partial charge in [-0.1, -0.05) is 35.5 Å². The van der Waals surface area contributed by atoms with E-state index >= 15 is 0 Å². The Bertz CT molecular complexity index is 1120. The van der Waals surface area contributed by atoms with Gasteiger partial charge in [-0.25, -0.2) is 4.98 Å². The third-order valence-electron chi connectivity index (χ3n) is 5.80. The van der Waals surface area contributed by atoms with Crippen LogP contribution in [0.1, 0.15) is 39.3 Å². The molecule has 0 atom stereocenters. The predicted octanol–water partition coefficient (Wildman–Crippen LogP) is 6.52. The first-order valence-corrected chi connectivity index (χ1v) is 12.1. The van der Waals surface area contributed by atoms with E-state index in [-0.39, 0.29) is 0 Å². The van der Waals surface area contributed by atoms with Crippen molar-refractivity contribution >= 4 is 22.7 Å². The van der Waals surface area contributed by atoms with Crippen molar-refractivity contribution in [2.45, 2.75) is 39.2 Å². The van der Waals surface area contributed by atoms with Crippen molar-refractivity contribution < 1.29 is 4.52 Å². The van der Waals surface area contributed by atoms with Gasteiger partial charge in [0, 0.05) is 33.2 Å². The van der Waals surface area contributed by atoms with Crippen LogP contribution in [0, 0.1) is 13.8 Å². The lowest BCUT2D eigenvalue weighted by Gasteiger charge is -2.30. The summed E-state index contributed by atoms with van der Waals surface area (Å²) in [5.74, 6) is 1.37. The number of piperidine rings is 1. The van der Waals surface area contributed by atoms with E-state index in [1.54, 1.807) is 11.3 Å². The molecule has 0 unspecified atom stereocenters. The molecule has 1 saturated heterocycles. The zero-order valence-corrected chi connectivity index (χ0v) is 18.9. The second kappa shape index (κ2) is 8.46. The molecule has 4 nitrogen and oxygen atoms in total. The van der Waals surface area contributed by atoms with Crippen LogP contribution in [0.15, 0.2) is 52.4 Å². The first kappa shape index (κ1) is 19.7. The Labute approximate surface area is 185 Å². The zero-order valence-electron chi connectivity index (χ0n) is 17.3. The van der Waals surface area contributed by atoms with E-state index < -0.39 is 0 Å². The van der Waals surface area contributed by atoms with Crippen molar-refractivity contribution in [1.29, 1.82) is 0 Å². The third-order valence-corrected chi connectivity index (χ3v) is 7.79. The van der Waals surface area contributed by atoms with Crippen LogP contribution in [0.4, 0.5) is 0 Å². The van der Waals surface area contributed by atoms with Crippen molar-refractivity contribution in [3.05, 3.63) is 68.4 Å². The number of hydrogen-bond donors (Lipinski definition) is 0. The number of aromatic nitrogens is 2. The number of likely N-dealkylation sites (tertiary alicyclic amines) is 1. The smallest absolute Gasteiger partial charge is 0.143 e. The molecular weight excluding hydrogens is 410 g/mol. The van der Waals surface area contributed by atoms with E-state index in [1.165, 1.54) is 27.6 Å². The van der Waals surface area contributed by atoms with Crippen molar-refractivity contribution in [2.24, 2.45) is 0 Å². The van der Waals surface area contributed by atoms with Crippen LogP contribution in [0.2, 0.25) is 0 Å². The molecule has 1 fully saturated rings. The minimum atomic E-state index is 0.547. The fourth-order valence-electron chi connectivity index (χ4n) is 4.19. The summed E-state index contributed by atoms with van der Waals surface area (Å²) in [6.45, 7) is 7.50. The normalized spacial score (nSPS) is 15.7. The number of thiophene rings is 1. The molecule has 4 aromatic rings. The van der Waals surface area contributed by atoms with Crippen molar-refractivity contribution in [1.82, 2.24) is 15.0 Å². The van der Waals surface area contributed by atoms with Crippen LogP contribution < -0.4 is 0 Å². The van der Waals surface area contributed by atoms with E-state index in [2.05, 4.69) is 46.6 Å². The monoisotopic (exact) mass is 435 g/mol. The average Bonchev–Trinajstić information content (AvgIpc) is 3.49. The Hall–Kier alpha value is -2.28. The van der Waals surface area contributed by atoms with Gasteiger partial charge < -0.3 is 4.52 Å². The molecular formula is C24H25N3OS2. The molecule has 0 spiro atoms. The Morgan fingerprint density at radius 3 is 2.60 bits per heavy atom. The summed E-state index contributed by atoms with van der Waals surface area (Å²) in [5.41, 5.74) is 3.96. The maximum absolute atomic E-state index is 5.54. The van der Waals surface area contributed by atoms with Gasteiger partial charge in [0.1, 0.15) is 11.5 Å². The number of aryl methyl sites for hydroxylation is 2. The molecule has 1 aliphatic rings. The standard InChI is InChI=1S/C24H25N3OS2/c1-16-8-9-20(30-16)14-27-12-10-19(11-13-27)24-25-21(15-29-24)22-17(2)28-26-23(22)18-6-4-3-5-7-18/h3-9,15,19H,10-14H2,1-2H3. The van der Waals surface area contributed by atoms with Gasteiger partial charge in [-0.3, -0.25) is 4.90 Å². The molecule has 30 heavy (non-hydrogen) atoms. The van der Waals surface area contributed by atoms with Crippen LogP contribution in [0.25, 0.3) is 22.5 Å². The van der Waals surface area contributed by atoms with Crippen molar-refractivity contribution in [2.75, 3.05) is 13.1 Å². The van der Waals surface area contributed by atoms with Crippen LogP contribution in [0.5, 0.6) is 0 Å². The SMILES string of the molecule is Cc1ccc(CN2CCC(c3nc(-c4c(-c5ccccc5)noc4C)cs3)CC2)s1. The molecule has 0 amide bonds. The highest BCUT2D eigenvalue weighted by atomic mass is 32.1. The fraction of sp³-hybridized carbons (Fsp3) is 0.333. The first-order valence-electron chi connectivity index (χ1n) is 10.4. The molecule has 1 aliphatic heterocycles. The molecule has 4 heterocycles. The highest BCUT2D eigenvalue weighted by molar-refractivity contribution is 7.11. The lowest BCUT2D eigenvalue weighted by atomic mass is 9.97. The minimum absolute atomic E-state index is 0.547. The minimum Gasteiger partial charge on any atom is -0.360 e. The molecule has 0 N–H and O–H groups in total. The molecule has 154 valence electrons. The summed E-state index contributed by atoms with van der Waals surface area (Å²) in [4.78, 5) is 10.5. The third kappa shape index (κ3) is 4.00. The Kier molecular flexibility index (Phi) is 5.54. The summed E-state index contributed by atoms with van der Waals surface area (Å²) in [6, 6.07) is 14.7. The Morgan fingerprint density at radius 1 is 1.07 bits per heavy atom. The van der Waals surface area contributed by atoms with Crippen molar-refractivity contribution in [3.8, 4) is 22.5 Å². The largest absolute Gasteiger partial charge is 0.360 e. The van der Waals surface area contributed by atoms with Gasteiger partial charge in [-0.15, -0.1) is 22.7 Å². The van der Waals surface area contributed by atoms with Gasteiger partial charge in [0.05, 0.1) is 16.3 Å². The molecule has 1 aromatic carbocycles. The molecule has 0 radical (unpaired) electrons. The van der Waals surface area contributed by atoms with Gasteiger partial charge in [-0.05, 0) is 51.9 Å². The van der Waals surface area contributed by atoms with Crippen LogP contribution in [-0.4, -0.2) is 28.1 Å². The zero-order chi connectivity index (χ0) is 20.5.